The molecule has 2 aromatic rings. The molecule has 0 amide bonds. The second-order valence-corrected chi connectivity index (χ2v) is 5.46. The maximum Gasteiger partial charge on any atom is 0.118 e. The highest BCUT2D eigenvalue weighted by atomic mass is 127. The predicted molar refractivity (Wildman–Crippen MR) is 82.8 cm³/mol. The van der Waals surface area contributed by atoms with Crippen molar-refractivity contribution in [2.75, 3.05) is 7.11 Å². The molecule has 0 saturated carbocycles. The molecule has 0 heterocycles. The summed E-state index contributed by atoms with van der Waals surface area (Å²) in [4.78, 5) is 0. The molecule has 0 aliphatic carbocycles. The number of ether oxygens (including phenoxy) is 1. The van der Waals surface area contributed by atoms with Gasteiger partial charge in [0, 0.05) is 9.61 Å². The van der Waals surface area contributed by atoms with Crippen LogP contribution >= 0.6 is 22.6 Å². The molecule has 0 aliphatic rings. The number of nitrogens with two attached hydrogens (primary N) is 1. The highest BCUT2D eigenvalue weighted by molar-refractivity contribution is 14.1. The summed E-state index contributed by atoms with van der Waals surface area (Å²) in [5.74, 6) is 0.876. The number of hydrogen-bond acceptors (Lipinski definition) is 2. The molecule has 0 spiro atoms. The number of benzene rings is 2. The maximum absolute atomic E-state index is 6.21. The van der Waals surface area contributed by atoms with E-state index in [0.29, 0.717) is 0 Å². The van der Waals surface area contributed by atoms with Crippen molar-refractivity contribution in [1.82, 2.24) is 0 Å². The van der Waals surface area contributed by atoms with Crippen LogP contribution < -0.4 is 10.5 Å². The van der Waals surface area contributed by atoms with Crippen LogP contribution in [0, 0.1) is 3.57 Å². The first kappa shape index (κ1) is 13.4. The third-order valence-corrected chi connectivity index (χ3v) is 3.63. The van der Waals surface area contributed by atoms with Crippen LogP contribution in [0.15, 0.2) is 48.5 Å². The van der Waals surface area contributed by atoms with E-state index in [2.05, 4.69) is 59.0 Å². The van der Waals surface area contributed by atoms with Gasteiger partial charge in [0.2, 0.25) is 0 Å². The minimum Gasteiger partial charge on any atom is -0.497 e. The van der Waals surface area contributed by atoms with E-state index in [9.17, 15) is 0 Å². The van der Waals surface area contributed by atoms with E-state index in [1.54, 1.807) is 7.11 Å². The van der Waals surface area contributed by atoms with Gasteiger partial charge in [-0.15, -0.1) is 0 Å². The number of methoxy groups -OCH3 is 1. The van der Waals surface area contributed by atoms with Gasteiger partial charge in [0.1, 0.15) is 5.75 Å². The SMILES string of the molecule is COc1ccc(CC(N)c2ccc(I)cc2)cc1. The summed E-state index contributed by atoms with van der Waals surface area (Å²) in [6.45, 7) is 0. The molecule has 0 aliphatic heterocycles. The summed E-state index contributed by atoms with van der Waals surface area (Å²) in [6, 6.07) is 16.5. The molecule has 0 fully saturated rings. The number of halogens is 1. The highest BCUT2D eigenvalue weighted by Crippen LogP contribution is 2.19. The lowest BCUT2D eigenvalue weighted by molar-refractivity contribution is 0.414. The van der Waals surface area contributed by atoms with Crippen molar-refractivity contribution in [3.05, 3.63) is 63.2 Å². The van der Waals surface area contributed by atoms with Crippen LogP contribution in [0.5, 0.6) is 5.75 Å². The van der Waals surface area contributed by atoms with Crippen LogP contribution in [0.4, 0.5) is 0 Å². The predicted octanol–water partition coefficient (Wildman–Crippen LogP) is 3.54. The van der Waals surface area contributed by atoms with E-state index in [1.807, 2.05) is 12.1 Å². The zero-order chi connectivity index (χ0) is 13.0. The fourth-order valence-corrected chi connectivity index (χ4v) is 2.20. The summed E-state index contributed by atoms with van der Waals surface area (Å²) in [5, 5.41) is 0. The summed E-state index contributed by atoms with van der Waals surface area (Å²) in [7, 11) is 1.67. The molecule has 0 aromatic heterocycles. The first-order chi connectivity index (χ1) is 8.69. The molecule has 0 saturated heterocycles. The van der Waals surface area contributed by atoms with Crippen molar-refractivity contribution in [2.45, 2.75) is 12.5 Å². The average Bonchev–Trinajstić information content (AvgIpc) is 2.40. The average molecular weight is 353 g/mol. The third-order valence-electron chi connectivity index (χ3n) is 2.91. The van der Waals surface area contributed by atoms with Crippen molar-refractivity contribution in [2.24, 2.45) is 5.73 Å². The zero-order valence-corrected chi connectivity index (χ0v) is 12.4. The van der Waals surface area contributed by atoms with E-state index in [1.165, 1.54) is 14.7 Å². The van der Waals surface area contributed by atoms with Gasteiger partial charge in [-0.1, -0.05) is 24.3 Å². The summed E-state index contributed by atoms with van der Waals surface area (Å²) >= 11 is 2.30. The van der Waals surface area contributed by atoms with Gasteiger partial charge in [0.15, 0.2) is 0 Å². The van der Waals surface area contributed by atoms with Gasteiger partial charge in [-0.05, 0) is 64.4 Å². The molecule has 1 atom stereocenters. The smallest absolute Gasteiger partial charge is 0.118 e. The van der Waals surface area contributed by atoms with Crippen molar-refractivity contribution in [3.63, 3.8) is 0 Å². The molecule has 2 nitrogen and oxygen atoms in total. The standard InChI is InChI=1S/C15H16INO/c1-18-14-8-2-11(3-9-14)10-15(17)12-4-6-13(16)7-5-12/h2-9,15H,10,17H2,1H3. The van der Waals surface area contributed by atoms with Crippen LogP contribution in [0.25, 0.3) is 0 Å². The lowest BCUT2D eigenvalue weighted by atomic mass is 10.00. The van der Waals surface area contributed by atoms with Crippen LogP contribution in [-0.2, 0) is 6.42 Å². The van der Waals surface area contributed by atoms with Crippen molar-refractivity contribution in [1.29, 1.82) is 0 Å². The fourth-order valence-electron chi connectivity index (χ4n) is 1.84. The van der Waals surface area contributed by atoms with Gasteiger partial charge < -0.3 is 10.5 Å². The van der Waals surface area contributed by atoms with Gasteiger partial charge >= 0.3 is 0 Å². The molecule has 2 N–H and O–H groups in total. The Kier molecular flexibility index (Phi) is 4.60. The fraction of sp³-hybridized carbons (Fsp3) is 0.200. The molecule has 0 bridgehead atoms. The lowest BCUT2D eigenvalue weighted by Gasteiger charge is -2.12. The van der Waals surface area contributed by atoms with Gasteiger partial charge in [-0.25, -0.2) is 0 Å². The van der Waals surface area contributed by atoms with Crippen molar-refractivity contribution in [3.8, 4) is 5.75 Å². The molecule has 2 rings (SSSR count). The van der Waals surface area contributed by atoms with E-state index < -0.39 is 0 Å². The monoisotopic (exact) mass is 353 g/mol. The topological polar surface area (TPSA) is 35.2 Å². The third kappa shape index (κ3) is 3.46. The highest BCUT2D eigenvalue weighted by Gasteiger charge is 2.07. The summed E-state index contributed by atoms with van der Waals surface area (Å²) < 4.78 is 6.37. The molecule has 94 valence electrons. The Hall–Kier alpha value is -1.07. The molecular formula is C15H16INO. The van der Waals surface area contributed by atoms with Crippen LogP contribution in [-0.4, -0.2) is 7.11 Å². The Balaban J connectivity index is 2.05. The molecule has 1 unspecified atom stereocenters. The maximum atomic E-state index is 6.21. The Labute approximate surface area is 121 Å². The lowest BCUT2D eigenvalue weighted by Crippen LogP contribution is -2.13. The summed E-state index contributed by atoms with van der Waals surface area (Å²) in [6.07, 6.45) is 0.838. The van der Waals surface area contributed by atoms with Gasteiger partial charge in [0.05, 0.1) is 7.11 Å². The first-order valence-electron chi connectivity index (χ1n) is 5.83. The van der Waals surface area contributed by atoms with Crippen LogP contribution in [0.2, 0.25) is 0 Å². The molecule has 2 aromatic carbocycles. The molecule has 18 heavy (non-hydrogen) atoms. The van der Waals surface area contributed by atoms with Gasteiger partial charge in [-0.2, -0.15) is 0 Å². The minimum atomic E-state index is 0.0374. The molecule has 0 radical (unpaired) electrons. The Bertz CT molecular complexity index is 493. The van der Waals surface area contributed by atoms with Gasteiger partial charge in [-0.3, -0.25) is 0 Å². The van der Waals surface area contributed by atoms with E-state index in [0.717, 1.165) is 12.2 Å². The Morgan fingerprint density at radius 1 is 1.06 bits per heavy atom. The quantitative estimate of drug-likeness (QED) is 0.854. The van der Waals surface area contributed by atoms with Crippen LogP contribution in [0.3, 0.4) is 0 Å². The Morgan fingerprint density at radius 2 is 1.67 bits per heavy atom. The first-order valence-corrected chi connectivity index (χ1v) is 6.91. The number of rotatable bonds is 4. The zero-order valence-electron chi connectivity index (χ0n) is 10.3. The second-order valence-electron chi connectivity index (χ2n) is 4.21. The minimum absolute atomic E-state index is 0.0374. The van der Waals surface area contributed by atoms with Crippen molar-refractivity contribution >= 4 is 22.6 Å². The summed E-state index contributed by atoms with van der Waals surface area (Å²) in [5.41, 5.74) is 8.61. The van der Waals surface area contributed by atoms with Crippen molar-refractivity contribution < 1.29 is 4.74 Å². The van der Waals surface area contributed by atoms with Gasteiger partial charge in [0.25, 0.3) is 0 Å². The van der Waals surface area contributed by atoms with Crippen LogP contribution in [0.1, 0.15) is 17.2 Å². The van der Waals surface area contributed by atoms with E-state index in [4.69, 9.17) is 10.5 Å². The second kappa shape index (κ2) is 6.20. The van der Waals surface area contributed by atoms with E-state index >= 15 is 0 Å². The number of hydrogen-bond donors (Lipinski definition) is 1. The Morgan fingerprint density at radius 3 is 2.22 bits per heavy atom. The molecule has 3 heteroatoms. The largest absolute Gasteiger partial charge is 0.497 e. The van der Waals surface area contributed by atoms with E-state index in [-0.39, 0.29) is 6.04 Å². The molecular weight excluding hydrogens is 337 g/mol. The normalized spacial score (nSPS) is 12.2.